The molecule has 1 aromatic carbocycles. The molecule has 0 aromatic heterocycles. The van der Waals surface area contributed by atoms with E-state index in [1.807, 2.05) is 0 Å². The zero-order valence-electron chi connectivity index (χ0n) is 23.6. The van der Waals surface area contributed by atoms with Crippen LogP contribution in [0.4, 0.5) is 39.9 Å². The highest BCUT2D eigenvalue weighted by atomic mass is 19.4. The van der Waals surface area contributed by atoms with Gasteiger partial charge in [-0.15, -0.1) is 0 Å². The lowest BCUT2D eigenvalue weighted by Gasteiger charge is -2.34. The molecule has 3 aliphatic rings. The number of carboxylic acids is 1. The van der Waals surface area contributed by atoms with E-state index in [4.69, 9.17) is 4.74 Å². The van der Waals surface area contributed by atoms with E-state index in [1.165, 1.54) is 4.90 Å². The molecular weight excluding hydrogens is 596 g/mol. The van der Waals surface area contributed by atoms with Crippen molar-refractivity contribution in [3.63, 3.8) is 0 Å². The molecule has 0 bridgehead atoms. The van der Waals surface area contributed by atoms with Crippen molar-refractivity contribution in [3.8, 4) is 0 Å². The van der Waals surface area contributed by atoms with E-state index in [0.29, 0.717) is 12.1 Å². The maximum absolute atomic E-state index is 15.8. The number of likely N-dealkylation sites (tertiary alicyclic amines) is 2. The number of rotatable bonds is 5. The Labute approximate surface area is 242 Å². The van der Waals surface area contributed by atoms with Crippen LogP contribution in [0.5, 0.6) is 0 Å². The largest absolute Gasteiger partial charge is 0.480 e. The quantitative estimate of drug-likeness (QED) is 0.374. The van der Waals surface area contributed by atoms with Crippen molar-refractivity contribution in [1.29, 1.82) is 0 Å². The summed E-state index contributed by atoms with van der Waals surface area (Å²) < 4.78 is 120. The van der Waals surface area contributed by atoms with E-state index in [-0.39, 0.29) is 36.4 Å². The minimum absolute atomic E-state index is 0.114. The number of alkyl halides is 8. The Hall–Kier alpha value is -3.13. The molecule has 0 spiro atoms. The first-order valence-corrected chi connectivity index (χ1v) is 13.8. The normalized spacial score (nSPS) is 23.3. The molecule has 7 nitrogen and oxygen atoms in total. The third kappa shape index (κ3) is 6.40. The number of halogens is 8. The molecule has 1 saturated carbocycles. The number of carbonyl (C=O) groups is 3. The molecule has 3 fully saturated rings. The van der Waals surface area contributed by atoms with Crippen LogP contribution in [0.3, 0.4) is 0 Å². The van der Waals surface area contributed by atoms with Crippen molar-refractivity contribution in [2.45, 2.75) is 88.7 Å². The second-order valence-corrected chi connectivity index (χ2v) is 12.5. The van der Waals surface area contributed by atoms with Crippen LogP contribution in [-0.4, -0.2) is 70.3 Å². The second kappa shape index (κ2) is 10.8. The lowest BCUT2D eigenvalue weighted by Crippen LogP contribution is -2.48. The van der Waals surface area contributed by atoms with Gasteiger partial charge in [0.1, 0.15) is 17.1 Å². The van der Waals surface area contributed by atoms with Gasteiger partial charge in [-0.05, 0) is 70.4 Å². The summed E-state index contributed by atoms with van der Waals surface area (Å²) in [4.78, 5) is 38.5. The van der Waals surface area contributed by atoms with Gasteiger partial charge in [0, 0.05) is 31.1 Å². The summed E-state index contributed by atoms with van der Waals surface area (Å²) in [7, 11) is 0. The van der Waals surface area contributed by atoms with E-state index in [9.17, 15) is 45.8 Å². The lowest BCUT2D eigenvalue weighted by atomic mass is 9.84. The number of amides is 2. The monoisotopic (exact) mass is 628 g/mol. The van der Waals surface area contributed by atoms with Crippen LogP contribution in [0, 0.1) is 11.3 Å². The number of benzene rings is 1. The first-order valence-electron chi connectivity index (χ1n) is 13.8. The van der Waals surface area contributed by atoms with Gasteiger partial charge in [-0.2, -0.15) is 26.3 Å². The molecule has 240 valence electrons. The molecule has 2 amide bonds. The van der Waals surface area contributed by atoms with E-state index in [1.54, 1.807) is 20.8 Å². The minimum Gasteiger partial charge on any atom is -0.480 e. The van der Waals surface area contributed by atoms with Crippen LogP contribution in [0.2, 0.25) is 0 Å². The molecule has 0 radical (unpaired) electrons. The van der Waals surface area contributed by atoms with Crippen molar-refractivity contribution >= 4 is 18.0 Å². The second-order valence-electron chi connectivity index (χ2n) is 12.5. The fourth-order valence-electron chi connectivity index (χ4n) is 5.86. The molecule has 2 heterocycles. The van der Waals surface area contributed by atoms with Crippen LogP contribution in [-0.2, 0) is 26.4 Å². The van der Waals surface area contributed by atoms with Crippen molar-refractivity contribution in [3.05, 3.63) is 34.9 Å². The zero-order chi connectivity index (χ0) is 32.3. The molecule has 43 heavy (non-hydrogen) atoms. The topological polar surface area (TPSA) is 87.2 Å². The maximum Gasteiger partial charge on any atom is 0.416 e. The summed E-state index contributed by atoms with van der Waals surface area (Å²) in [5.41, 5.74) is -6.61. The Bertz CT molecular complexity index is 1260. The van der Waals surface area contributed by atoms with Crippen molar-refractivity contribution in [2.75, 3.05) is 19.6 Å². The predicted molar refractivity (Wildman–Crippen MR) is 134 cm³/mol. The fraction of sp³-hybridized carbons (Fsp3) is 0.679. The van der Waals surface area contributed by atoms with Crippen molar-refractivity contribution in [1.82, 2.24) is 9.80 Å². The van der Waals surface area contributed by atoms with Gasteiger partial charge in [0.15, 0.2) is 0 Å². The number of hydrogen-bond acceptors (Lipinski definition) is 4. The van der Waals surface area contributed by atoms with Gasteiger partial charge >= 0.3 is 24.4 Å². The lowest BCUT2D eigenvalue weighted by molar-refractivity contribution is -0.200. The van der Waals surface area contributed by atoms with Crippen LogP contribution < -0.4 is 0 Å². The van der Waals surface area contributed by atoms with Gasteiger partial charge in [-0.3, -0.25) is 4.79 Å². The fourth-order valence-corrected chi connectivity index (χ4v) is 5.86. The number of piperidine rings is 1. The maximum atomic E-state index is 15.8. The summed E-state index contributed by atoms with van der Waals surface area (Å²) in [6, 6.07) is 0.275. The highest BCUT2D eigenvalue weighted by Gasteiger charge is 2.71. The third-order valence-electron chi connectivity index (χ3n) is 8.39. The molecule has 1 aliphatic carbocycles. The van der Waals surface area contributed by atoms with E-state index in [2.05, 4.69) is 0 Å². The number of carbonyl (C=O) groups excluding carboxylic acids is 2. The Kier molecular flexibility index (Phi) is 8.23. The number of carboxylic acid groups (broad SMARTS) is 1. The Balaban J connectivity index is 1.58. The van der Waals surface area contributed by atoms with Gasteiger partial charge in [-0.1, -0.05) is 12.1 Å². The summed E-state index contributed by atoms with van der Waals surface area (Å²) >= 11 is 0. The summed E-state index contributed by atoms with van der Waals surface area (Å²) in [6.45, 7) is 4.23. The van der Waals surface area contributed by atoms with E-state index >= 15 is 8.78 Å². The van der Waals surface area contributed by atoms with Crippen molar-refractivity contribution < 1.29 is 59.4 Å². The van der Waals surface area contributed by atoms with E-state index < -0.39 is 102 Å². The SMILES string of the molecule is CC(C)(C)OC(=O)N1CCC(c2ccc(C(F)(F)C3C[C@@H](C(=O)O)N(C(=O)C4(C(F)(F)F)CC4)C3)c(C(F)(F)F)c2)CC1. The first-order chi connectivity index (χ1) is 19.6. The van der Waals surface area contributed by atoms with Gasteiger partial charge in [0.25, 0.3) is 5.92 Å². The molecule has 2 saturated heterocycles. The first kappa shape index (κ1) is 32.8. The number of ether oxygens (including phenoxy) is 1. The Morgan fingerprint density at radius 3 is 1.98 bits per heavy atom. The molecular formula is C28H32F8N2O5. The molecule has 2 atom stereocenters. The standard InChI is InChI=1S/C28H32F8N2O5/c1-24(2,3)43-23(42)37-10-6-15(7-11-37)16-4-5-18(19(12-16)27(31,32)33)26(29,30)17-13-20(21(39)40)38(14-17)22(41)25(8-9-25)28(34,35)36/h4-5,12,15,17,20H,6-11,13-14H2,1-3H3,(H,39,40)/t17?,20-/m0/s1. The smallest absolute Gasteiger partial charge is 0.416 e. The highest BCUT2D eigenvalue weighted by molar-refractivity contribution is 5.90. The molecule has 1 N–H and O–H groups in total. The van der Waals surface area contributed by atoms with Crippen LogP contribution in [0.15, 0.2) is 18.2 Å². The van der Waals surface area contributed by atoms with Gasteiger partial charge in [0.2, 0.25) is 5.91 Å². The number of hydrogen-bond donors (Lipinski definition) is 1. The summed E-state index contributed by atoms with van der Waals surface area (Å²) in [6.07, 6.45) is -12.7. The average molecular weight is 629 g/mol. The summed E-state index contributed by atoms with van der Waals surface area (Å²) in [5, 5.41) is 9.52. The van der Waals surface area contributed by atoms with Crippen molar-refractivity contribution in [2.24, 2.45) is 11.3 Å². The predicted octanol–water partition coefficient (Wildman–Crippen LogP) is 6.56. The number of nitrogens with zero attached hydrogens (tertiary/aromatic N) is 2. The molecule has 4 rings (SSSR count). The molecule has 2 aliphatic heterocycles. The Morgan fingerprint density at radius 2 is 1.51 bits per heavy atom. The highest BCUT2D eigenvalue weighted by Crippen LogP contribution is 2.60. The number of aliphatic carboxylic acids is 1. The van der Waals surface area contributed by atoms with Gasteiger partial charge < -0.3 is 19.6 Å². The minimum atomic E-state index is -5.25. The van der Waals surface area contributed by atoms with Crippen LogP contribution in [0.1, 0.15) is 75.5 Å². The van der Waals surface area contributed by atoms with Crippen LogP contribution in [0.25, 0.3) is 0 Å². The molecule has 1 unspecified atom stereocenters. The molecule has 15 heteroatoms. The van der Waals surface area contributed by atoms with E-state index in [0.717, 1.165) is 6.07 Å². The van der Waals surface area contributed by atoms with Gasteiger partial charge in [0.05, 0.1) is 5.56 Å². The summed E-state index contributed by atoms with van der Waals surface area (Å²) in [5.74, 6) is -10.5. The van der Waals surface area contributed by atoms with Crippen LogP contribution >= 0.6 is 0 Å². The average Bonchev–Trinajstić information content (AvgIpc) is 3.58. The van der Waals surface area contributed by atoms with Gasteiger partial charge in [-0.25, -0.2) is 18.4 Å². The Morgan fingerprint density at radius 1 is 0.930 bits per heavy atom. The zero-order valence-corrected chi connectivity index (χ0v) is 23.6. The molecule has 1 aromatic rings. The third-order valence-corrected chi connectivity index (χ3v) is 8.39.